The minimum Gasteiger partial charge on any atom is -0.481 e. The molecule has 0 radical (unpaired) electrons. The van der Waals surface area contributed by atoms with Crippen LogP contribution >= 0.6 is 0 Å². The first kappa shape index (κ1) is 10.6. The highest BCUT2D eigenvalue weighted by atomic mass is 19.3. The zero-order chi connectivity index (χ0) is 10.6. The van der Waals surface area contributed by atoms with Crippen molar-refractivity contribution < 1.29 is 18.7 Å². The Hall–Kier alpha value is -1.46. The van der Waals surface area contributed by atoms with E-state index in [-0.39, 0.29) is 18.7 Å². The van der Waals surface area contributed by atoms with Gasteiger partial charge < -0.3 is 5.11 Å². The number of aliphatic carboxylic acids is 1. The SMILES string of the molecule is O=C(O)CCCn1nccc1C(F)F. The first-order valence-electron chi connectivity index (χ1n) is 4.13. The molecule has 0 aliphatic rings. The van der Waals surface area contributed by atoms with Gasteiger partial charge in [-0.1, -0.05) is 0 Å². The Bertz CT molecular complexity index is 312. The van der Waals surface area contributed by atoms with Gasteiger partial charge in [0, 0.05) is 19.2 Å². The normalized spacial score (nSPS) is 10.8. The van der Waals surface area contributed by atoms with Crippen LogP contribution in [0.25, 0.3) is 0 Å². The van der Waals surface area contributed by atoms with Gasteiger partial charge in [-0.05, 0) is 12.5 Å². The standard InChI is InChI=1S/C8H10F2N2O2/c9-8(10)6-3-4-11-12(6)5-1-2-7(13)14/h3-4,8H,1-2,5H2,(H,13,14). The van der Waals surface area contributed by atoms with Gasteiger partial charge in [0.05, 0.1) is 0 Å². The summed E-state index contributed by atoms with van der Waals surface area (Å²) >= 11 is 0. The van der Waals surface area contributed by atoms with Gasteiger partial charge in [-0.25, -0.2) is 8.78 Å². The van der Waals surface area contributed by atoms with Crippen LogP contribution in [0.3, 0.4) is 0 Å². The molecular formula is C8H10F2N2O2. The van der Waals surface area contributed by atoms with Crippen molar-refractivity contribution in [3.05, 3.63) is 18.0 Å². The highest BCUT2D eigenvalue weighted by Crippen LogP contribution is 2.17. The van der Waals surface area contributed by atoms with Gasteiger partial charge >= 0.3 is 5.97 Å². The van der Waals surface area contributed by atoms with Crippen LogP contribution in [-0.2, 0) is 11.3 Å². The van der Waals surface area contributed by atoms with Crippen molar-refractivity contribution in [3.8, 4) is 0 Å². The molecule has 0 bridgehead atoms. The smallest absolute Gasteiger partial charge is 0.303 e. The van der Waals surface area contributed by atoms with Crippen LogP contribution in [0.15, 0.2) is 12.3 Å². The number of hydrogen-bond donors (Lipinski definition) is 1. The second kappa shape index (κ2) is 4.69. The maximum absolute atomic E-state index is 12.3. The van der Waals surface area contributed by atoms with Gasteiger partial charge in [0.1, 0.15) is 5.69 Å². The summed E-state index contributed by atoms with van der Waals surface area (Å²) in [5.41, 5.74) is -0.171. The van der Waals surface area contributed by atoms with Gasteiger partial charge in [0.2, 0.25) is 0 Å². The molecule has 0 aliphatic heterocycles. The van der Waals surface area contributed by atoms with Crippen LogP contribution in [0, 0.1) is 0 Å². The van der Waals surface area contributed by atoms with Crippen molar-refractivity contribution >= 4 is 5.97 Å². The van der Waals surface area contributed by atoms with Gasteiger partial charge in [-0.2, -0.15) is 5.10 Å². The molecular weight excluding hydrogens is 194 g/mol. The van der Waals surface area contributed by atoms with Gasteiger partial charge in [-0.3, -0.25) is 9.48 Å². The van der Waals surface area contributed by atoms with Crippen LogP contribution in [0.1, 0.15) is 25.0 Å². The van der Waals surface area contributed by atoms with E-state index in [9.17, 15) is 13.6 Å². The molecule has 14 heavy (non-hydrogen) atoms. The van der Waals surface area contributed by atoms with E-state index < -0.39 is 12.4 Å². The minimum atomic E-state index is -2.57. The van der Waals surface area contributed by atoms with Gasteiger partial charge in [0.25, 0.3) is 6.43 Å². The fraction of sp³-hybridized carbons (Fsp3) is 0.500. The Labute approximate surface area is 79.2 Å². The fourth-order valence-electron chi connectivity index (χ4n) is 1.10. The molecule has 0 fully saturated rings. The zero-order valence-corrected chi connectivity index (χ0v) is 7.36. The molecule has 1 aromatic rings. The lowest BCUT2D eigenvalue weighted by atomic mass is 10.3. The van der Waals surface area contributed by atoms with Crippen molar-refractivity contribution in [2.75, 3.05) is 0 Å². The third-order valence-electron chi connectivity index (χ3n) is 1.73. The van der Waals surface area contributed by atoms with E-state index in [1.165, 1.54) is 12.3 Å². The highest BCUT2D eigenvalue weighted by Gasteiger charge is 2.12. The van der Waals surface area contributed by atoms with Crippen LogP contribution in [0.2, 0.25) is 0 Å². The molecule has 6 heteroatoms. The van der Waals surface area contributed by atoms with Crippen LogP contribution in [0.5, 0.6) is 0 Å². The summed E-state index contributed by atoms with van der Waals surface area (Å²) in [5, 5.41) is 12.0. The molecule has 1 rings (SSSR count). The van der Waals surface area contributed by atoms with E-state index in [4.69, 9.17) is 5.11 Å². The van der Waals surface area contributed by atoms with Crippen LogP contribution < -0.4 is 0 Å². The van der Waals surface area contributed by atoms with Crippen molar-refractivity contribution in [2.24, 2.45) is 0 Å². The number of alkyl halides is 2. The average molecular weight is 204 g/mol. The number of nitrogens with zero attached hydrogens (tertiary/aromatic N) is 2. The van der Waals surface area contributed by atoms with Crippen molar-refractivity contribution in [2.45, 2.75) is 25.8 Å². The maximum Gasteiger partial charge on any atom is 0.303 e. The molecule has 1 heterocycles. The molecule has 0 aliphatic carbocycles. The van der Waals surface area contributed by atoms with E-state index in [0.29, 0.717) is 6.42 Å². The van der Waals surface area contributed by atoms with Crippen molar-refractivity contribution in [3.63, 3.8) is 0 Å². The van der Waals surface area contributed by atoms with Crippen molar-refractivity contribution in [1.29, 1.82) is 0 Å². The topological polar surface area (TPSA) is 55.1 Å². The average Bonchev–Trinajstić information content (AvgIpc) is 2.51. The van der Waals surface area contributed by atoms with Gasteiger partial charge in [0.15, 0.2) is 0 Å². The quantitative estimate of drug-likeness (QED) is 0.793. The molecule has 1 aromatic heterocycles. The van der Waals surface area contributed by atoms with E-state index in [1.54, 1.807) is 0 Å². The zero-order valence-electron chi connectivity index (χ0n) is 7.36. The molecule has 0 saturated heterocycles. The molecule has 78 valence electrons. The van der Waals surface area contributed by atoms with Crippen molar-refractivity contribution in [1.82, 2.24) is 9.78 Å². The lowest BCUT2D eigenvalue weighted by Crippen LogP contribution is -2.07. The third-order valence-corrected chi connectivity index (χ3v) is 1.73. The molecule has 0 atom stereocenters. The molecule has 1 N–H and O–H groups in total. The Kier molecular flexibility index (Phi) is 3.55. The third kappa shape index (κ3) is 2.79. The monoisotopic (exact) mass is 204 g/mol. The second-order valence-corrected chi connectivity index (χ2v) is 2.78. The molecule has 0 aromatic carbocycles. The van der Waals surface area contributed by atoms with Crippen LogP contribution in [-0.4, -0.2) is 20.9 Å². The lowest BCUT2D eigenvalue weighted by molar-refractivity contribution is -0.137. The Morgan fingerprint density at radius 2 is 2.36 bits per heavy atom. The van der Waals surface area contributed by atoms with E-state index in [1.807, 2.05) is 0 Å². The summed E-state index contributed by atoms with van der Waals surface area (Å²) in [6, 6.07) is 1.23. The summed E-state index contributed by atoms with van der Waals surface area (Å²) in [6.45, 7) is 0.207. The summed E-state index contributed by atoms with van der Waals surface area (Å²) in [7, 11) is 0. The lowest BCUT2D eigenvalue weighted by Gasteiger charge is -2.04. The highest BCUT2D eigenvalue weighted by molar-refractivity contribution is 5.66. The van der Waals surface area contributed by atoms with Crippen LogP contribution in [0.4, 0.5) is 8.78 Å². The molecule has 0 saturated carbocycles. The van der Waals surface area contributed by atoms with E-state index in [0.717, 1.165) is 4.68 Å². The first-order chi connectivity index (χ1) is 6.61. The number of aromatic nitrogens is 2. The van der Waals surface area contributed by atoms with E-state index in [2.05, 4.69) is 5.10 Å². The fourth-order valence-corrected chi connectivity index (χ4v) is 1.10. The molecule has 0 unspecified atom stereocenters. The largest absolute Gasteiger partial charge is 0.481 e. The Morgan fingerprint density at radius 3 is 2.93 bits per heavy atom. The predicted octanol–water partition coefficient (Wildman–Crippen LogP) is 1.69. The molecule has 0 spiro atoms. The second-order valence-electron chi connectivity index (χ2n) is 2.78. The van der Waals surface area contributed by atoms with Gasteiger partial charge in [-0.15, -0.1) is 0 Å². The summed E-state index contributed by atoms with van der Waals surface area (Å²) in [4.78, 5) is 10.2. The number of carboxylic acids is 1. The number of rotatable bonds is 5. The number of hydrogen-bond acceptors (Lipinski definition) is 2. The van der Waals surface area contributed by atoms with E-state index >= 15 is 0 Å². The Morgan fingerprint density at radius 1 is 1.64 bits per heavy atom. The molecule has 4 nitrogen and oxygen atoms in total. The molecule has 0 amide bonds. The summed E-state index contributed by atoms with van der Waals surface area (Å²) in [6.07, 6.45) is -1.02. The summed E-state index contributed by atoms with van der Waals surface area (Å²) in [5.74, 6) is -0.934. The number of carbonyl (C=O) groups is 1. The Balaban J connectivity index is 2.50. The maximum atomic E-state index is 12.3. The predicted molar refractivity (Wildman–Crippen MR) is 44.1 cm³/mol. The summed E-state index contributed by atoms with van der Waals surface area (Å²) < 4.78 is 25.7. The minimum absolute atomic E-state index is 0.0391. The first-order valence-corrected chi connectivity index (χ1v) is 4.13. The number of carboxylic acid groups (broad SMARTS) is 1. The number of aryl methyl sites for hydroxylation is 1. The number of halogens is 2.